The van der Waals surface area contributed by atoms with Gasteiger partial charge in [-0.1, -0.05) is 54.2 Å². The van der Waals surface area contributed by atoms with Gasteiger partial charge in [0.15, 0.2) is 0 Å². The number of nitriles is 1. The van der Waals surface area contributed by atoms with E-state index in [1.54, 1.807) is 36.0 Å². The van der Waals surface area contributed by atoms with Gasteiger partial charge in [-0.05, 0) is 61.6 Å². The van der Waals surface area contributed by atoms with E-state index in [1.807, 2.05) is 6.07 Å². The fraction of sp³-hybridized carbons (Fsp3) is 0.364. The number of carbonyl (C=O) groups excluding carboxylic acids is 2. The largest absolute Gasteiger partial charge is 0.481 e. The summed E-state index contributed by atoms with van der Waals surface area (Å²) >= 11 is 13.9. The Balaban J connectivity index is 1.32. The first-order valence-electron chi connectivity index (χ1n) is 15.3. The summed E-state index contributed by atoms with van der Waals surface area (Å²) in [6.45, 7) is 0.130. The van der Waals surface area contributed by atoms with Crippen molar-refractivity contribution < 1.29 is 27.9 Å². The first-order chi connectivity index (χ1) is 22.9. The molecule has 0 radical (unpaired) electrons. The Morgan fingerprint density at radius 2 is 1.75 bits per heavy atom. The number of halogens is 2. The molecule has 1 saturated carbocycles. The summed E-state index contributed by atoms with van der Waals surface area (Å²) in [6.07, 6.45) is 6.97. The van der Waals surface area contributed by atoms with Gasteiger partial charge in [0.25, 0.3) is 5.91 Å². The van der Waals surface area contributed by atoms with E-state index in [0.717, 1.165) is 25.7 Å². The lowest BCUT2D eigenvalue weighted by molar-refractivity contribution is -0.137. The summed E-state index contributed by atoms with van der Waals surface area (Å²) in [6, 6.07) is 12.4. The number of anilines is 1. The summed E-state index contributed by atoms with van der Waals surface area (Å²) in [4.78, 5) is 42.2. The van der Waals surface area contributed by atoms with Crippen LogP contribution in [0.2, 0.25) is 10.0 Å². The number of amides is 2. The van der Waals surface area contributed by atoms with Crippen LogP contribution in [0, 0.1) is 11.3 Å². The van der Waals surface area contributed by atoms with Crippen molar-refractivity contribution in [3.63, 3.8) is 0 Å². The van der Waals surface area contributed by atoms with Gasteiger partial charge in [-0.25, -0.2) is 8.42 Å². The van der Waals surface area contributed by atoms with Gasteiger partial charge in [0.2, 0.25) is 15.9 Å². The van der Waals surface area contributed by atoms with Crippen LogP contribution in [-0.4, -0.2) is 69.7 Å². The van der Waals surface area contributed by atoms with Gasteiger partial charge in [-0.2, -0.15) is 21.3 Å². The van der Waals surface area contributed by atoms with Crippen molar-refractivity contribution in [1.29, 1.82) is 5.26 Å². The van der Waals surface area contributed by atoms with Crippen LogP contribution >= 0.6 is 35.0 Å². The normalized spacial score (nSPS) is 19.0. The molecule has 1 saturated heterocycles. The van der Waals surface area contributed by atoms with Gasteiger partial charge in [-0.15, -0.1) is 0 Å². The molecule has 3 N–H and O–H groups in total. The predicted molar refractivity (Wildman–Crippen MR) is 184 cm³/mol. The second kappa shape index (κ2) is 15.7. The molecule has 48 heavy (non-hydrogen) atoms. The minimum atomic E-state index is -4.15. The van der Waals surface area contributed by atoms with E-state index in [4.69, 9.17) is 23.2 Å². The molecule has 3 aromatic rings. The number of aliphatic carboxylic acids is 1. The van der Waals surface area contributed by atoms with Crippen LogP contribution in [0.1, 0.15) is 60.0 Å². The number of hydrogen-bond donors (Lipinski definition) is 3. The minimum Gasteiger partial charge on any atom is -0.481 e. The highest BCUT2D eigenvalue weighted by Gasteiger charge is 2.45. The van der Waals surface area contributed by atoms with Crippen molar-refractivity contribution in [2.24, 2.45) is 0 Å². The number of benzene rings is 2. The van der Waals surface area contributed by atoms with E-state index < -0.39 is 46.3 Å². The van der Waals surface area contributed by atoms with Crippen molar-refractivity contribution >= 4 is 68.5 Å². The molecular weight excluding hydrogens is 697 g/mol. The van der Waals surface area contributed by atoms with E-state index in [0.29, 0.717) is 16.5 Å². The van der Waals surface area contributed by atoms with Gasteiger partial charge in [0.05, 0.1) is 38.6 Å². The molecule has 1 aliphatic heterocycles. The number of pyridine rings is 1. The number of carboxylic acid groups (broad SMARTS) is 1. The highest BCUT2D eigenvalue weighted by atomic mass is 35.5. The predicted octanol–water partition coefficient (Wildman–Crippen LogP) is 5.52. The Morgan fingerprint density at radius 1 is 1.06 bits per heavy atom. The fourth-order valence-corrected chi connectivity index (χ4v) is 10.1. The second-order valence-corrected chi connectivity index (χ2v) is 16.1. The third-order valence-corrected chi connectivity index (χ3v) is 12.3. The van der Waals surface area contributed by atoms with Crippen LogP contribution in [0.15, 0.2) is 65.8 Å². The van der Waals surface area contributed by atoms with Crippen molar-refractivity contribution in [2.45, 2.75) is 72.4 Å². The molecule has 3 atom stereocenters. The molecule has 2 amide bonds. The average molecular weight is 731 g/mol. The Kier molecular flexibility index (Phi) is 11.7. The molecule has 2 fully saturated rings. The molecule has 0 spiro atoms. The summed E-state index contributed by atoms with van der Waals surface area (Å²) in [5.41, 5.74) is 1.37. The number of thioether (sulfide) groups is 1. The van der Waals surface area contributed by atoms with Gasteiger partial charge in [0, 0.05) is 41.2 Å². The lowest BCUT2D eigenvalue weighted by Gasteiger charge is -2.26. The van der Waals surface area contributed by atoms with Crippen LogP contribution in [0.4, 0.5) is 5.69 Å². The summed E-state index contributed by atoms with van der Waals surface area (Å²) in [5, 5.41) is 25.0. The molecule has 15 heteroatoms. The van der Waals surface area contributed by atoms with E-state index in [-0.39, 0.29) is 50.7 Å². The Bertz CT molecular complexity index is 1810. The van der Waals surface area contributed by atoms with E-state index >= 15 is 0 Å². The highest BCUT2D eigenvalue weighted by molar-refractivity contribution is 8.00. The second-order valence-electron chi connectivity index (χ2n) is 11.8. The molecule has 252 valence electrons. The number of sulfonamides is 1. The average Bonchev–Trinajstić information content (AvgIpc) is 3.72. The summed E-state index contributed by atoms with van der Waals surface area (Å²) in [5.74, 6) is -2.24. The van der Waals surface area contributed by atoms with Crippen LogP contribution in [0.3, 0.4) is 0 Å². The quantitative estimate of drug-likeness (QED) is 0.217. The van der Waals surface area contributed by atoms with E-state index in [1.165, 1.54) is 41.0 Å². The van der Waals surface area contributed by atoms with Gasteiger partial charge < -0.3 is 15.7 Å². The van der Waals surface area contributed by atoms with Crippen LogP contribution < -0.4 is 10.6 Å². The number of carbonyl (C=O) groups is 3. The number of carboxylic acids is 1. The van der Waals surface area contributed by atoms with Gasteiger partial charge in [0.1, 0.15) is 6.04 Å². The molecule has 2 heterocycles. The third-order valence-electron chi connectivity index (χ3n) is 8.32. The van der Waals surface area contributed by atoms with Crippen molar-refractivity contribution in [3.8, 4) is 6.07 Å². The Morgan fingerprint density at radius 3 is 2.40 bits per heavy atom. The zero-order valence-corrected chi connectivity index (χ0v) is 28.8. The third kappa shape index (κ3) is 8.67. The maximum absolute atomic E-state index is 13.9. The number of nitrogens with zero attached hydrogens (tertiary/aromatic N) is 3. The maximum Gasteiger partial charge on any atom is 0.305 e. The summed E-state index contributed by atoms with van der Waals surface area (Å²) in [7, 11) is -4.15. The molecule has 1 aromatic heterocycles. The van der Waals surface area contributed by atoms with Crippen LogP contribution in [0.25, 0.3) is 0 Å². The molecule has 11 nitrogen and oxygen atoms in total. The highest BCUT2D eigenvalue weighted by Crippen LogP contribution is 2.39. The van der Waals surface area contributed by atoms with Crippen LogP contribution in [-0.2, 0) is 26.0 Å². The molecule has 0 unspecified atom stereocenters. The van der Waals surface area contributed by atoms with Crippen LogP contribution in [0.5, 0.6) is 0 Å². The number of rotatable bonds is 12. The van der Waals surface area contributed by atoms with Gasteiger partial charge in [-0.3, -0.25) is 19.4 Å². The molecular formula is C33H33Cl2N5O6S2. The maximum atomic E-state index is 13.9. The SMILES string of the molecule is N#Cc1cccc(S(=O)(=O)N2C[C@H](SC3CCCC3)C[C@H]2C(=O)N[C@H](CC(=O)O)Cc2ccc(NC(=O)c3c(Cl)cncc3Cl)cc2)c1. The molecule has 1 aliphatic carbocycles. The van der Waals surface area contributed by atoms with Crippen molar-refractivity contribution in [1.82, 2.24) is 14.6 Å². The lowest BCUT2D eigenvalue weighted by Crippen LogP contribution is -2.49. The number of nitrogens with one attached hydrogen (secondary N) is 2. The smallest absolute Gasteiger partial charge is 0.305 e. The molecule has 2 aromatic carbocycles. The summed E-state index contributed by atoms with van der Waals surface area (Å²) < 4.78 is 28.9. The number of hydrogen-bond acceptors (Lipinski definition) is 8. The van der Waals surface area contributed by atoms with Gasteiger partial charge >= 0.3 is 5.97 Å². The minimum absolute atomic E-state index is 0.0752. The van der Waals surface area contributed by atoms with E-state index in [2.05, 4.69) is 15.6 Å². The fourth-order valence-electron chi connectivity index (χ4n) is 6.04. The van der Waals surface area contributed by atoms with Crippen molar-refractivity contribution in [2.75, 3.05) is 11.9 Å². The monoisotopic (exact) mass is 729 g/mol. The molecule has 2 aliphatic rings. The van der Waals surface area contributed by atoms with Crippen molar-refractivity contribution in [3.05, 3.63) is 87.7 Å². The first-order valence-corrected chi connectivity index (χ1v) is 18.5. The number of aromatic nitrogens is 1. The lowest BCUT2D eigenvalue weighted by atomic mass is 10.0. The topological polar surface area (TPSA) is 170 Å². The zero-order chi connectivity index (χ0) is 34.4. The first kappa shape index (κ1) is 35.6. The standard InChI is InChI=1S/C33H33Cl2N5O6S2/c34-27-17-37-18-28(35)31(27)33(44)38-22-10-8-20(9-11-22)12-23(14-30(41)42)39-32(43)29-15-25(47-24-5-1-2-6-24)19-40(29)48(45,46)26-7-3-4-21(13-26)16-36/h3-4,7-11,13,17-18,23-25,29H,1-2,5-6,12,14-15,19H2,(H,38,44)(H,39,43)(H,41,42)/t23-,25+,29-/m0/s1. The zero-order valence-electron chi connectivity index (χ0n) is 25.6. The Labute approximate surface area is 293 Å². The molecule has 5 rings (SSSR count). The van der Waals surface area contributed by atoms with E-state index in [9.17, 15) is 33.2 Å². The molecule has 0 bridgehead atoms. The Hall–Kier alpha value is -3.67.